The van der Waals surface area contributed by atoms with Gasteiger partial charge in [0.2, 0.25) is 0 Å². The molecule has 0 saturated heterocycles. The standard InChI is InChI=1S/C3H5ClN3OS/c4-3-2(1-8-5)6-7-9-3/h1H2,5H3/q+1. The van der Waals surface area contributed by atoms with Crippen molar-refractivity contribution < 1.29 is 10.7 Å². The molecule has 0 aliphatic carbocycles. The fourth-order valence-corrected chi connectivity index (χ4v) is 0.981. The second kappa shape index (κ2) is 3.07. The van der Waals surface area contributed by atoms with Gasteiger partial charge in [0.1, 0.15) is 10.0 Å². The van der Waals surface area contributed by atoms with Crippen LogP contribution in [-0.4, -0.2) is 9.59 Å². The van der Waals surface area contributed by atoms with Crippen LogP contribution in [0.4, 0.5) is 0 Å². The zero-order valence-electron chi connectivity index (χ0n) is 4.50. The molecule has 0 aliphatic heterocycles. The lowest BCUT2D eigenvalue weighted by Gasteiger charge is -1.85. The highest BCUT2D eigenvalue weighted by molar-refractivity contribution is 7.10. The molecule has 1 heterocycles. The third-order valence-corrected chi connectivity index (χ3v) is 1.73. The van der Waals surface area contributed by atoms with Crippen LogP contribution in [0.15, 0.2) is 0 Å². The van der Waals surface area contributed by atoms with Crippen molar-refractivity contribution in [3.8, 4) is 0 Å². The summed E-state index contributed by atoms with van der Waals surface area (Å²) in [4.78, 5) is 4.54. The van der Waals surface area contributed by atoms with Gasteiger partial charge in [0.05, 0.1) is 0 Å². The van der Waals surface area contributed by atoms with Crippen LogP contribution < -0.4 is 5.90 Å². The summed E-state index contributed by atoms with van der Waals surface area (Å²) in [6.07, 6.45) is 0. The number of hydrogen-bond acceptors (Lipinski definition) is 4. The first-order valence-electron chi connectivity index (χ1n) is 2.18. The second-order valence-corrected chi connectivity index (χ2v) is 2.70. The molecule has 0 aromatic carbocycles. The van der Waals surface area contributed by atoms with Crippen LogP contribution in [0.3, 0.4) is 0 Å². The molecule has 1 rings (SSSR count). The van der Waals surface area contributed by atoms with E-state index in [4.69, 9.17) is 11.6 Å². The molecule has 0 atom stereocenters. The minimum Gasteiger partial charge on any atom is -0.212 e. The van der Waals surface area contributed by atoms with E-state index in [1.807, 2.05) is 0 Å². The Morgan fingerprint density at radius 3 is 3.00 bits per heavy atom. The van der Waals surface area contributed by atoms with Crippen molar-refractivity contribution in [3.63, 3.8) is 0 Å². The van der Waals surface area contributed by atoms with Crippen LogP contribution in [0, 0.1) is 0 Å². The molecule has 0 bridgehead atoms. The van der Waals surface area contributed by atoms with Crippen molar-refractivity contribution in [3.05, 3.63) is 10.0 Å². The van der Waals surface area contributed by atoms with Crippen LogP contribution in [0.1, 0.15) is 5.69 Å². The average Bonchev–Trinajstić information content (AvgIpc) is 2.18. The molecule has 0 fully saturated rings. The molecular formula is C3H5ClN3OS+. The Morgan fingerprint density at radius 2 is 2.56 bits per heavy atom. The summed E-state index contributed by atoms with van der Waals surface area (Å²) in [6.45, 7) is 0.329. The van der Waals surface area contributed by atoms with Gasteiger partial charge in [-0.05, 0) is 0 Å². The van der Waals surface area contributed by atoms with E-state index in [1.165, 1.54) is 0 Å². The van der Waals surface area contributed by atoms with Crippen molar-refractivity contribution >= 4 is 23.1 Å². The molecule has 0 spiro atoms. The Morgan fingerprint density at radius 1 is 1.78 bits per heavy atom. The molecule has 0 aliphatic rings. The summed E-state index contributed by atoms with van der Waals surface area (Å²) < 4.78 is 4.16. The first-order valence-corrected chi connectivity index (χ1v) is 3.33. The van der Waals surface area contributed by atoms with Crippen LogP contribution in [0.5, 0.6) is 0 Å². The number of hydrogen-bond donors (Lipinski definition) is 1. The van der Waals surface area contributed by atoms with Gasteiger partial charge in [-0.15, -0.1) is 5.10 Å². The van der Waals surface area contributed by atoms with Crippen LogP contribution in [0.25, 0.3) is 0 Å². The topological polar surface area (TPSA) is 62.7 Å². The molecule has 0 saturated carbocycles. The van der Waals surface area contributed by atoms with Gasteiger partial charge in [-0.25, -0.2) is 10.7 Å². The highest BCUT2D eigenvalue weighted by Crippen LogP contribution is 2.16. The lowest BCUT2D eigenvalue weighted by Crippen LogP contribution is -2.48. The first-order chi connectivity index (χ1) is 4.34. The van der Waals surface area contributed by atoms with Crippen molar-refractivity contribution in [2.45, 2.75) is 6.61 Å². The predicted octanol–water partition coefficient (Wildman–Crippen LogP) is -0.135. The second-order valence-electron chi connectivity index (χ2n) is 1.34. The van der Waals surface area contributed by atoms with Gasteiger partial charge >= 0.3 is 0 Å². The van der Waals surface area contributed by atoms with Crippen molar-refractivity contribution in [1.29, 1.82) is 0 Å². The van der Waals surface area contributed by atoms with Crippen LogP contribution in [-0.2, 0) is 11.4 Å². The zero-order chi connectivity index (χ0) is 6.69. The van der Waals surface area contributed by atoms with Gasteiger partial charge in [-0.2, -0.15) is 0 Å². The molecule has 0 radical (unpaired) electrons. The minimum atomic E-state index is 0.329. The van der Waals surface area contributed by atoms with Gasteiger partial charge in [0.25, 0.3) is 0 Å². The molecule has 0 unspecified atom stereocenters. The SMILES string of the molecule is [NH3+]OCc1nnsc1Cl. The predicted molar refractivity (Wildman–Crippen MR) is 32.6 cm³/mol. The summed E-state index contributed by atoms with van der Waals surface area (Å²) >= 11 is 6.75. The third kappa shape index (κ3) is 1.59. The average molecular weight is 167 g/mol. The normalized spacial score (nSPS) is 10.0. The van der Waals surface area contributed by atoms with Crippen LogP contribution in [0.2, 0.25) is 4.34 Å². The molecule has 3 N–H and O–H groups in total. The maximum absolute atomic E-state index is 5.60. The Kier molecular flexibility index (Phi) is 2.35. The Labute approximate surface area is 60.7 Å². The van der Waals surface area contributed by atoms with E-state index < -0.39 is 0 Å². The molecule has 0 amide bonds. The van der Waals surface area contributed by atoms with Crippen molar-refractivity contribution in [2.75, 3.05) is 0 Å². The number of aromatic nitrogens is 2. The largest absolute Gasteiger partial charge is 0.212 e. The third-order valence-electron chi connectivity index (χ3n) is 0.748. The van der Waals surface area contributed by atoms with E-state index in [9.17, 15) is 0 Å². The van der Waals surface area contributed by atoms with Crippen LogP contribution >= 0.6 is 23.1 Å². The summed E-state index contributed by atoms with van der Waals surface area (Å²) in [6, 6.07) is 0. The number of nitrogens with zero attached hydrogens (tertiary/aromatic N) is 2. The highest BCUT2D eigenvalue weighted by Gasteiger charge is 2.03. The quantitative estimate of drug-likeness (QED) is 0.623. The van der Waals surface area contributed by atoms with Gasteiger partial charge in [-0.1, -0.05) is 16.1 Å². The zero-order valence-corrected chi connectivity index (χ0v) is 6.08. The number of halogens is 1. The monoisotopic (exact) mass is 166 g/mol. The molecule has 1 aromatic heterocycles. The fraction of sp³-hybridized carbons (Fsp3) is 0.333. The Bertz CT molecular complexity index is 191. The Hall–Kier alpha value is -0.230. The molecule has 6 heteroatoms. The summed E-state index contributed by atoms with van der Waals surface area (Å²) in [5.41, 5.74) is 0.650. The molecule has 50 valence electrons. The number of quaternary nitrogens is 1. The molecule has 4 nitrogen and oxygen atoms in total. The van der Waals surface area contributed by atoms with Gasteiger partial charge in [0.15, 0.2) is 6.61 Å². The van der Waals surface area contributed by atoms with E-state index in [2.05, 4.69) is 20.3 Å². The lowest BCUT2D eigenvalue weighted by molar-refractivity contribution is -0.695. The minimum absolute atomic E-state index is 0.329. The lowest BCUT2D eigenvalue weighted by atomic mass is 10.5. The molecule has 9 heavy (non-hydrogen) atoms. The molecular weight excluding hydrogens is 162 g/mol. The summed E-state index contributed by atoms with van der Waals surface area (Å²) in [5.74, 6) is 3.18. The van der Waals surface area contributed by atoms with E-state index in [0.717, 1.165) is 11.5 Å². The van der Waals surface area contributed by atoms with E-state index in [1.54, 1.807) is 0 Å². The Balaban J connectivity index is 2.69. The van der Waals surface area contributed by atoms with Crippen molar-refractivity contribution in [2.24, 2.45) is 0 Å². The maximum Gasteiger partial charge on any atom is 0.152 e. The summed E-state index contributed by atoms with van der Waals surface area (Å²) in [5, 5.41) is 3.68. The van der Waals surface area contributed by atoms with Crippen molar-refractivity contribution in [1.82, 2.24) is 9.59 Å². The van der Waals surface area contributed by atoms with Gasteiger partial charge in [0, 0.05) is 11.5 Å². The fourth-order valence-electron chi connectivity index (χ4n) is 0.380. The van der Waals surface area contributed by atoms with Gasteiger partial charge in [-0.3, -0.25) is 0 Å². The maximum atomic E-state index is 5.60. The molecule has 1 aromatic rings. The van der Waals surface area contributed by atoms with E-state index in [-0.39, 0.29) is 0 Å². The smallest absolute Gasteiger partial charge is 0.152 e. The summed E-state index contributed by atoms with van der Waals surface area (Å²) in [7, 11) is 0. The van der Waals surface area contributed by atoms with E-state index >= 15 is 0 Å². The first kappa shape index (κ1) is 6.88. The number of rotatable bonds is 2. The highest BCUT2D eigenvalue weighted by atomic mass is 35.5. The van der Waals surface area contributed by atoms with Gasteiger partial charge < -0.3 is 0 Å². The van der Waals surface area contributed by atoms with E-state index in [0.29, 0.717) is 16.6 Å².